The molecule has 0 unspecified atom stereocenters. The van der Waals surface area contributed by atoms with Crippen molar-refractivity contribution >= 4 is 29.1 Å². The van der Waals surface area contributed by atoms with Crippen molar-refractivity contribution < 1.29 is 18.0 Å². The topological polar surface area (TPSA) is 63.1 Å². The average molecular weight is 334 g/mol. The third kappa shape index (κ3) is 3.48. The Morgan fingerprint density at radius 3 is 2.64 bits per heavy atom. The number of carbonyl (C=O) groups excluding carboxylic acids is 1. The highest BCUT2D eigenvalue weighted by atomic mass is 35.5. The number of amides is 2. The van der Waals surface area contributed by atoms with Crippen LogP contribution in [0.1, 0.15) is 5.69 Å². The van der Waals surface area contributed by atoms with E-state index in [0.717, 1.165) is 6.07 Å². The van der Waals surface area contributed by atoms with E-state index < -0.39 is 22.9 Å². The van der Waals surface area contributed by atoms with E-state index in [0.29, 0.717) is 5.69 Å². The summed E-state index contributed by atoms with van der Waals surface area (Å²) in [5.74, 6) is -0.252. The van der Waals surface area contributed by atoms with Crippen LogP contribution in [-0.2, 0) is 13.2 Å². The molecule has 0 aromatic carbocycles. The van der Waals surface area contributed by atoms with Crippen LogP contribution in [0.4, 0.5) is 29.5 Å². The number of pyridine rings is 1. The van der Waals surface area contributed by atoms with Gasteiger partial charge in [-0.2, -0.15) is 18.3 Å². The van der Waals surface area contributed by atoms with Gasteiger partial charge in [0.05, 0.1) is 16.9 Å². The molecule has 2 aromatic heterocycles. The van der Waals surface area contributed by atoms with E-state index in [-0.39, 0.29) is 5.82 Å². The van der Waals surface area contributed by atoms with Crippen LogP contribution >= 0.6 is 11.6 Å². The molecule has 0 aliphatic heterocycles. The molecule has 0 aliphatic rings. The molecule has 0 saturated carbocycles. The van der Waals surface area contributed by atoms with Gasteiger partial charge in [-0.3, -0.25) is 14.9 Å². The first kappa shape index (κ1) is 16.1. The first-order valence-electron chi connectivity index (χ1n) is 5.95. The van der Waals surface area contributed by atoms with Crippen LogP contribution in [0.25, 0.3) is 0 Å². The first-order valence-corrected chi connectivity index (χ1v) is 6.33. The Kier molecular flexibility index (Phi) is 4.27. The van der Waals surface area contributed by atoms with Crippen molar-refractivity contribution in [1.82, 2.24) is 14.8 Å². The van der Waals surface area contributed by atoms with E-state index >= 15 is 0 Å². The fourth-order valence-corrected chi connectivity index (χ4v) is 1.82. The molecule has 2 amide bonds. The van der Waals surface area contributed by atoms with Gasteiger partial charge < -0.3 is 0 Å². The van der Waals surface area contributed by atoms with Crippen molar-refractivity contribution in [2.24, 2.45) is 7.05 Å². The van der Waals surface area contributed by atoms with Gasteiger partial charge in [0, 0.05) is 20.3 Å². The highest BCUT2D eigenvalue weighted by Gasteiger charge is 2.35. The van der Waals surface area contributed by atoms with Crippen molar-refractivity contribution in [2.75, 3.05) is 17.3 Å². The lowest BCUT2D eigenvalue weighted by atomic mass is 10.3. The van der Waals surface area contributed by atoms with Gasteiger partial charge in [-0.25, -0.2) is 9.78 Å². The molecule has 0 bridgehead atoms. The molecule has 0 spiro atoms. The molecule has 0 atom stereocenters. The minimum atomic E-state index is -4.70. The van der Waals surface area contributed by atoms with Gasteiger partial charge in [-0.1, -0.05) is 11.6 Å². The van der Waals surface area contributed by atoms with Gasteiger partial charge in [-0.05, 0) is 12.1 Å². The molecular weight excluding hydrogens is 323 g/mol. The summed E-state index contributed by atoms with van der Waals surface area (Å²) < 4.78 is 39.6. The minimum Gasteiger partial charge on any atom is -0.294 e. The summed E-state index contributed by atoms with van der Waals surface area (Å²) in [7, 11) is 3.12. The summed E-state index contributed by atoms with van der Waals surface area (Å²) >= 11 is 5.46. The summed E-state index contributed by atoms with van der Waals surface area (Å²) in [6.45, 7) is 0. The number of anilines is 2. The summed E-state index contributed by atoms with van der Waals surface area (Å²) in [6.07, 6.45) is -1.68. The number of nitrogens with zero attached hydrogens (tertiary/aromatic N) is 4. The molecule has 0 radical (unpaired) electrons. The van der Waals surface area contributed by atoms with Crippen LogP contribution in [0.5, 0.6) is 0 Å². The van der Waals surface area contributed by atoms with E-state index in [4.69, 9.17) is 11.6 Å². The van der Waals surface area contributed by atoms with Gasteiger partial charge in [0.1, 0.15) is 5.82 Å². The zero-order chi connectivity index (χ0) is 16.5. The lowest BCUT2D eigenvalue weighted by Gasteiger charge is -2.16. The minimum absolute atomic E-state index is 0.252. The van der Waals surface area contributed by atoms with Crippen molar-refractivity contribution in [3.63, 3.8) is 0 Å². The SMILES string of the molecule is CN(C(=O)Nc1ccc(Cl)c(C(F)(F)F)n1)c1cnn(C)c1. The lowest BCUT2D eigenvalue weighted by Crippen LogP contribution is -2.31. The van der Waals surface area contributed by atoms with Gasteiger partial charge in [-0.15, -0.1) is 0 Å². The van der Waals surface area contributed by atoms with Crippen LogP contribution in [0, 0.1) is 0 Å². The number of urea groups is 1. The largest absolute Gasteiger partial charge is 0.434 e. The first-order chi connectivity index (χ1) is 10.2. The Morgan fingerprint density at radius 2 is 2.09 bits per heavy atom. The van der Waals surface area contributed by atoms with Gasteiger partial charge in [0.25, 0.3) is 0 Å². The van der Waals surface area contributed by atoms with E-state index in [1.54, 1.807) is 13.2 Å². The van der Waals surface area contributed by atoms with Crippen molar-refractivity contribution in [3.8, 4) is 0 Å². The Hall–Kier alpha value is -2.29. The summed E-state index contributed by atoms with van der Waals surface area (Å²) in [5, 5.41) is 5.63. The van der Waals surface area contributed by atoms with Crippen molar-refractivity contribution in [2.45, 2.75) is 6.18 Å². The smallest absolute Gasteiger partial charge is 0.294 e. The standard InChI is InChI=1S/C12H11ClF3N5O/c1-20-6-7(5-17-20)21(2)11(22)19-9-4-3-8(13)10(18-9)12(14,15)16/h3-6H,1-2H3,(H,18,19,22). The van der Waals surface area contributed by atoms with Crippen LogP contribution in [0.3, 0.4) is 0 Å². The monoisotopic (exact) mass is 333 g/mol. The van der Waals surface area contributed by atoms with Crippen LogP contribution in [0.2, 0.25) is 5.02 Å². The Labute approximate surface area is 128 Å². The Morgan fingerprint density at radius 1 is 1.41 bits per heavy atom. The predicted octanol–water partition coefficient (Wildman–Crippen LogP) is 3.16. The molecule has 1 N–H and O–H groups in total. The molecule has 0 saturated heterocycles. The third-order valence-electron chi connectivity index (χ3n) is 2.73. The summed E-state index contributed by atoms with van der Waals surface area (Å²) in [5.41, 5.74) is -0.777. The zero-order valence-corrected chi connectivity index (χ0v) is 12.3. The Balaban J connectivity index is 2.18. The molecular formula is C12H11ClF3N5O. The molecule has 2 rings (SSSR count). The Bertz CT molecular complexity index is 700. The molecule has 0 aliphatic carbocycles. The quantitative estimate of drug-likeness (QED) is 0.918. The maximum Gasteiger partial charge on any atom is 0.434 e. The van der Waals surface area contributed by atoms with Crippen molar-refractivity contribution in [1.29, 1.82) is 0 Å². The number of halogens is 4. The van der Waals surface area contributed by atoms with Crippen LogP contribution in [-0.4, -0.2) is 27.8 Å². The predicted molar refractivity (Wildman–Crippen MR) is 74.9 cm³/mol. The second-order valence-electron chi connectivity index (χ2n) is 4.39. The van der Waals surface area contributed by atoms with E-state index in [1.165, 1.54) is 28.9 Å². The lowest BCUT2D eigenvalue weighted by molar-refractivity contribution is -0.141. The molecule has 2 heterocycles. The number of aryl methyl sites for hydroxylation is 1. The molecule has 22 heavy (non-hydrogen) atoms. The normalized spacial score (nSPS) is 11.4. The van der Waals surface area contributed by atoms with Gasteiger partial charge >= 0.3 is 12.2 Å². The third-order valence-corrected chi connectivity index (χ3v) is 3.04. The van der Waals surface area contributed by atoms with E-state index in [2.05, 4.69) is 15.4 Å². The second-order valence-corrected chi connectivity index (χ2v) is 4.79. The summed E-state index contributed by atoms with van der Waals surface area (Å²) in [6, 6.07) is 1.56. The number of hydrogen-bond donors (Lipinski definition) is 1. The van der Waals surface area contributed by atoms with Crippen molar-refractivity contribution in [3.05, 3.63) is 35.2 Å². The number of carbonyl (C=O) groups is 1. The molecule has 6 nitrogen and oxygen atoms in total. The number of rotatable bonds is 2. The number of nitrogens with one attached hydrogen (secondary N) is 1. The van der Waals surface area contributed by atoms with E-state index in [9.17, 15) is 18.0 Å². The second kappa shape index (κ2) is 5.84. The van der Waals surface area contributed by atoms with Gasteiger partial charge in [0.2, 0.25) is 0 Å². The van der Waals surface area contributed by atoms with E-state index in [1.807, 2.05) is 0 Å². The maximum absolute atomic E-state index is 12.7. The average Bonchev–Trinajstić information content (AvgIpc) is 2.85. The number of aromatic nitrogens is 3. The molecule has 10 heteroatoms. The molecule has 118 valence electrons. The van der Waals surface area contributed by atoms with Gasteiger partial charge in [0.15, 0.2) is 5.69 Å². The van der Waals surface area contributed by atoms with Crippen LogP contribution in [0.15, 0.2) is 24.5 Å². The number of hydrogen-bond acceptors (Lipinski definition) is 3. The van der Waals surface area contributed by atoms with Crippen LogP contribution < -0.4 is 10.2 Å². The molecule has 2 aromatic rings. The highest BCUT2D eigenvalue weighted by Crippen LogP contribution is 2.33. The fourth-order valence-electron chi connectivity index (χ4n) is 1.60. The fraction of sp³-hybridized carbons (Fsp3) is 0.250. The zero-order valence-electron chi connectivity index (χ0n) is 11.5. The number of alkyl halides is 3. The maximum atomic E-state index is 12.7. The summed E-state index contributed by atoms with van der Waals surface area (Å²) in [4.78, 5) is 16.5. The molecule has 0 fully saturated rings. The highest BCUT2D eigenvalue weighted by molar-refractivity contribution is 6.31.